The van der Waals surface area contributed by atoms with Crippen molar-refractivity contribution >= 4 is 12.1 Å². The van der Waals surface area contributed by atoms with Gasteiger partial charge in [-0.25, -0.2) is 19.8 Å². The fraction of sp³-hybridized carbons (Fsp3) is 0.400. The van der Waals surface area contributed by atoms with Crippen molar-refractivity contribution < 1.29 is 19.2 Å². The lowest BCUT2D eigenvalue weighted by Gasteiger charge is -2.33. The molecule has 1 aromatic carbocycles. The second-order valence-corrected chi connectivity index (χ2v) is 7.57. The first-order valence-electron chi connectivity index (χ1n) is 9.39. The summed E-state index contributed by atoms with van der Waals surface area (Å²) in [6.45, 7) is 7.22. The van der Waals surface area contributed by atoms with Gasteiger partial charge in [0, 0.05) is 44.1 Å². The van der Waals surface area contributed by atoms with Crippen LogP contribution in [0.25, 0.3) is 11.4 Å². The second kappa shape index (κ2) is 8.97. The summed E-state index contributed by atoms with van der Waals surface area (Å²) < 4.78 is 5.13. The fourth-order valence-electron chi connectivity index (χ4n) is 2.65. The Balaban J connectivity index is 1.47. The third kappa shape index (κ3) is 6.23. The van der Waals surface area contributed by atoms with Crippen molar-refractivity contribution in [2.75, 3.05) is 26.2 Å². The highest BCUT2D eigenvalue weighted by Crippen LogP contribution is 2.13. The van der Waals surface area contributed by atoms with E-state index in [1.807, 2.05) is 30.3 Å². The highest BCUT2D eigenvalue weighted by atomic mass is 16.8. The van der Waals surface area contributed by atoms with Crippen molar-refractivity contribution in [2.24, 2.45) is 0 Å². The Hall–Kier alpha value is -3.04. The number of nitrogens with zero attached hydrogens (tertiary/aromatic N) is 4. The van der Waals surface area contributed by atoms with Gasteiger partial charge >= 0.3 is 6.16 Å². The molecule has 0 spiro atoms. The van der Waals surface area contributed by atoms with Crippen molar-refractivity contribution in [2.45, 2.75) is 26.4 Å². The Kier molecular flexibility index (Phi) is 6.40. The van der Waals surface area contributed by atoms with Crippen molar-refractivity contribution in [3.05, 3.63) is 48.3 Å². The highest BCUT2D eigenvalue weighted by Gasteiger charge is 2.25. The topological polar surface area (TPSA) is 96.9 Å². The molecule has 0 aliphatic carbocycles. The molecule has 9 nitrogen and oxygen atoms in total. The predicted octanol–water partition coefficient (Wildman–Crippen LogP) is 2.27. The monoisotopic (exact) mass is 399 g/mol. The molecule has 1 aliphatic rings. The Morgan fingerprint density at radius 2 is 1.62 bits per heavy atom. The molecule has 2 heterocycles. The first-order chi connectivity index (χ1) is 13.8. The van der Waals surface area contributed by atoms with Crippen LogP contribution in [-0.2, 0) is 9.57 Å². The summed E-state index contributed by atoms with van der Waals surface area (Å²) >= 11 is 0. The molecule has 0 bridgehead atoms. The number of amides is 1. The lowest BCUT2D eigenvalue weighted by atomic mass is 10.2. The van der Waals surface area contributed by atoms with Gasteiger partial charge in [-0.2, -0.15) is 0 Å². The molecule has 0 radical (unpaired) electrons. The zero-order valence-corrected chi connectivity index (χ0v) is 16.8. The van der Waals surface area contributed by atoms with Crippen LogP contribution in [0.2, 0.25) is 0 Å². The van der Waals surface area contributed by atoms with E-state index in [9.17, 15) is 9.59 Å². The van der Waals surface area contributed by atoms with Crippen LogP contribution in [0, 0.1) is 0 Å². The van der Waals surface area contributed by atoms with Gasteiger partial charge < -0.3 is 9.57 Å². The Morgan fingerprint density at radius 3 is 2.21 bits per heavy atom. The minimum absolute atomic E-state index is 0.286. The zero-order valence-electron chi connectivity index (χ0n) is 16.8. The molecule has 1 aromatic heterocycles. The van der Waals surface area contributed by atoms with Gasteiger partial charge in [-0.3, -0.25) is 10.2 Å². The molecule has 2 aromatic rings. The van der Waals surface area contributed by atoms with Gasteiger partial charge in [0.05, 0.1) is 5.56 Å². The van der Waals surface area contributed by atoms with Crippen LogP contribution in [-0.4, -0.2) is 63.9 Å². The Morgan fingerprint density at radius 1 is 1.00 bits per heavy atom. The normalized spacial score (nSPS) is 15.6. The third-order valence-electron chi connectivity index (χ3n) is 4.04. The molecule has 154 valence electrons. The molecular weight excluding hydrogens is 374 g/mol. The third-order valence-corrected chi connectivity index (χ3v) is 4.04. The van der Waals surface area contributed by atoms with E-state index >= 15 is 0 Å². The van der Waals surface area contributed by atoms with Crippen LogP contribution in [0.5, 0.6) is 0 Å². The molecule has 1 amide bonds. The summed E-state index contributed by atoms with van der Waals surface area (Å²) in [6.07, 6.45) is 2.28. The summed E-state index contributed by atoms with van der Waals surface area (Å²) in [6, 6.07) is 9.56. The molecular formula is C20H25N5O4. The first kappa shape index (κ1) is 20.7. The van der Waals surface area contributed by atoms with Crippen LogP contribution < -0.4 is 5.43 Å². The van der Waals surface area contributed by atoms with Crippen molar-refractivity contribution in [3.8, 4) is 11.4 Å². The standard InChI is InChI=1S/C20H25N5O4/c1-20(2,3)28-19(27)29-25-11-9-24(10-12-25)23-18(26)16-13-21-17(22-14-16)15-7-5-4-6-8-15/h4-8,13-14H,9-12H2,1-3H3,(H,23,26). The Labute approximate surface area is 169 Å². The van der Waals surface area contributed by atoms with E-state index in [1.165, 1.54) is 17.5 Å². The quantitative estimate of drug-likeness (QED) is 0.782. The molecule has 3 rings (SSSR count). The van der Waals surface area contributed by atoms with E-state index < -0.39 is 11.8 Å². The second-order valence-electron chi connectivity index (χ2n) is 7.57. The molecule has 29 heavy (non-hydrogen) atoms. The molecule has 0 saturated carbocycles. The van der Waals surface area contributed by atoms with Gasteiger partial charge in [-0.1, -0.05) is 30.3 Å². The number of hydrogen-bond acceptors (Lipinski definition) is 8. The zero-order chi connectivity index (χ0) is 20.9. The number of aromatic nitrogens is 2. The molecule has 1 N–H and O–H groups in total. The summed E-state index contributed by atoms with van der Waals surface area (Å²) in [7, 11) is 0. The number of hydrogen-bond donors (Lipinski definition) is 1. The lowest BCUT2D eigenvalue weighted by Crippen LogP contribution is -2.54. The number of benzene rings is 1. The molecule has 1 fully saturated rings. The van der Waals surface area contributed by atoms with Gasteiger partial charge in [-0.15, -0.1) is 5.06 Å². The van der Waals surface area contributed by atoms with Crippen LogP contribution in [0.1, 0.15) is 31.1 Å². The molecule has 0 unspecified atom stereocenters. The van der Waals surface area contributed by atoms with Crippen LogP contribution in [0.15, 0.2) is 42.7 Å². The number of hydrazine groups is 1. The average Bonchev–Trinajstić information content (AvgIpc) is 2.69. The summed E-state index contributed by atoms with van der Waals surface area (Å²) in [5, 5.41) is 3.29. The van der Waals surface area contributed by atoms with Gasteiger partial charge in [-0.05, 0) is 20.8 Å². The predicted molar refractivity (Wildman–Crippen MR) is 105 cm³/mol. The van der Waals surface area contributed by atoms with Crippen LogP contribution >= 0.6 is 0 Å². The summed E-state index contributed by atoms with van der Waals surface area (Å²) in [4.78, 5) is 37.8. The minimum atomic E-state index is -0.731. The van der Waals surface area contributed by atoms with E-state index in [4.69, 9.17) is 9.57 Å². The van der Waals surface area contributed by atoms with Gasteiger partial charge in [0.25, 0.3) is 5.91 Å². The summed E-state index contributed by atoms with van der Waals surface area (Å²) in [5.41, 5.74) is 3.48. The fourth-order valence-corrected chi connectivity index (χ4v) is 2.65. The maximum Gasteiger partial charge on any atom is 0.528 e. The maximum atomic E-state index is 12.4. The highest BCUT2D eigenvalue weighted by molar-refractivity contribution is 5.93. The number of rotatable bonds is 4. The van der Waals surface area contributed by atoms with E-state index in [1.54, 1.807) is 25.8 Å². The maximum absolute atomic E-state index is 12.4. The van der Waals surface area contributed by atoms with Crippen LogP contribution in [0.3, 0.4) is 0 Å². The molecule has 1 saturated heterocycles. The number of carbonyl (C=O) groups is 2. The number of hydroxylamine groups is 2. The molecule has 0 atom stereocenters. The van der Waals surface area contributed by atoms with E-state index in [0.29, 0.717) is 37.6 Å². The van der Waals surface area contributed by atoms with E-state index in [-0.39, 0.29) is 5.91 Å². The SMILES string of the molecule is CC(C)(C)OC(=O)ON1CCN(NC(=O)c2cnc(-c3ccccc3)nc2)CC1. The van der Waals surface area contributed by atoms with Gasteiger partial charge in [0.1, 0.15) is 5.60 Å². The van der Waals surface area contributed by atoms with Gasteiger partial charge in [0.15, 0.2) is 5.82 Å². The Bertz CT molecular complexity index is 828. The number of nitrogens with one attached hydrogen (secondary N) is 1. The average molecular weight is 399 g/mol. The van der Waals surface area contributed by atoms with Crippen LogP contribution in [0.4, 0.5) is 4.79 Å². The van der Waals surface area contributed by atoms with Crippen molar-refractivity contribution in [1.82, 2.24) is 25.5 Å². The van der Waals surface area contributed by atoms with Crippen molar-refractivity contribution in [1.29, 1.82) is 0 Å². The summed E-state index contributed by atoms with van der Waals surface area (Å²) in [5.74, 6) is 0.279. The van der Waals surface area contributed by atoms with Crippen molar-refractivity contribution in [3.63, 3.8) is 0 Å². The number of carbonyl (C=O) groups excluding carboxylic acids is 2. The first-order valence-corrected chi connectivity index (χ1v) is 9.39. The molecule has 1 aliphatic heterocycles. The van der Waals surface area contributed by atoms with E-state index in [2.05, 4.69) is 15.4 Å². The lowest BCUT2D eigenvalue weighted by molar-refractivity contribution is -0.160. The number of piperazine rings is 1. The van der Waals surface area contributed by atoms with Gasteiger partial charge in [0.2, 0.25) is 0 Å². The number of ether oxygens (including phenoxy) is 1. The largest absolute Gasteiger partial charge is 0.528 e. The minimum Gasteiger partial charge on any atom is -0.427 e. The molecule has 9 heteroatoms. The van der Waals surface area contributed by atoms with E-state index in [0.717, 1.165) is 5.56 Å². The smallest absolute Gasteiger partial charge is 0.427 e.